The first-order valence-corrected chi connectivity index (χ1v) is 7.48. The van der Waals surface area contributed by atoms with Crippen molar-refractivity contribution in [3.8, 4) is 0 Å². The fourth-order valence-corrected chi connectivity index (χ4v) is 2.62. The molecular formula is C11H18N4O3S2. The molecule has 1 atom stereocenters. The summed E-state index contributed by atoms with van der Waals surface area (Å²) in [5.41, 5.74) is 0. The highest BCUT2D eigenvalue weighted by atomic mass is 32.2. The van der Waals surface area contributed by atoms with Gasteiger partial charge in [-0.3, -0.25) is 0 Å². The van der Waals surface area contributed by atoms with Crippen molar-refractivity contribution in [3.63, 3.8) is 0 Å². The number of thiocarbonyl (C=S) groups is 1. The van der Waals surface area contributed by atoms with Crippen LogP contribution in [0.5, 0.6) is 0 Å². The number of thioether (sulfide) groups is 1. The van der Waals surface area contributed by atoms with Crippen LogP contribution in [0.3, 0.4) is 0 Å². The van der Waals surface area contributed by atoms with E-state index in [-0.39, 0.29) is 12.4 Å². The van der Waals surface area contributed by atoms with Gasteiger partial charge in [-0.05, 0) is 11.8 Å². The first kappa shape index (κ1) is 16.9. The van der Waals surface area contributed by atoms with Gasteiger partial charge in [-0.25, -0.2) is 9.55 Å². The van der Waals surface area contributed by atoms with E-state index in [2.05, 4.69) is 4.98 Å². The number of rotatable bonds is 6. The molecule has 1 aromatic heterocycles. The van der Waals surface area contributed by atoms with Gasteiger partial charge >= 0.3 is 5.82 Å². The van der Waals surface area contributed by atoms with Crippen molar-refractivity contribution in [2.75, 3.05) is 19.3 Å². The summed E-state index contributed by atoms with van der Waals surface area (Å²) in [7, 11) is 1.88. The average molecular weight is 318 g/mol. The lowest BCUT2D eigenvalue weighted by atomic mass is 10.4. The van der Waals surface area contributed by atoms with E-state index < -0.39 is 11.0 Å². The van der Waals surface area contributed by atoms with E-state index in [4.69, 9.17) is 12.2 Å². The number of nitrogens with zero attached hydrogens (tertiary/aromatic N) is 4. The lowest BCUT2D eigenvalue weighted by Gasteiger charge is -2.18. The van der Waals surface area contributed by atoms with Gasteiger partial charge in [0.05, 0.1) is 0 Å². The fourth-order valence-electron chi connectivity index (χ4n) is 1.50. The average Bonchev–Trinajstić information content (AvgIpc) is 2.76. The molecule has 1 heterocycles. The number of aliphatic hydroxyl groups is 1. The Bertz CT molecular complexity index is 492. The zero-order valence-corrected chi connectivity index (χ0v) is 13.3. The highest BCUT2D eigenvalue weighted by Crippen LogP contribution is 2.16. The van der Waals surface area contributed by atoms with Gasteiger partial charge in [0.2, 0.25) is 0 Å². The SMILES string of the molecule is CCN(C)C(=S)SCC(O)Cn1c([N+](=O)[O-])cnc1C. The number of nitro groups is 1. The van der Waals surface area contributed by atoms with Gasteiger partial charge in [-0.15, -0.1) is 0 Å². The number of aromatic nitrogens is 2. The van der Waals surface area contributed by atoms with Crippen LogP contribution in [-0.2, 0) is 6.54 Å². The van der Waals surface area contributed by atoms with Gasteiger partial charge in [0.15, 0.2) is 5.82 Å². The highest BCUT2D eigenvalue weighted by Gasteiger charge is 2.21. The smallest absolute Gasteiger partial charge is 0.342 e. The molecule has 112 valence electrons. The number of hydrogen-bond donors (Lipinski definition) is 1. The lowest BCUT2D eigenvalue weighted by molar-refractivity contribution is -0.392. The first-order chi connectivity index (χ1) is 9.36. The summed E-state index contributed by atoms with van der Waals surface area (Å²) in [5, 5.41) is 20.8. The minimum absolute atomic E-state index is 0.111. The van der Waals surface area contributed by atoms with Crippen molar-refractivity contribution in [1.29, 1.82) is 0 Å². The van der Waals surface area contributed by atoms with Gasteiger partial charge in [0.25, 0.3) is 0 Å². The maximum atomic E-state index is 10.8. The minimum atomic E-state index is -0.727. The summed E-state index contributed by atoms with van der Waals surface area (Å²) >= 11 is 6.55. The summed E-state index contributed by atoms with van der Waals surface area (Å²) in [6.45, 7) is 4.59. The third-order valence-corrected chi connectivity index (χ3v) is 4.57. The second-order valence-electron chi connectivity index (χ2n) is 4.28. The Labute approximate surface area is 127 Å². The molecule has 0 aromatic carbocycles. The minimum Gasteiger partial charge on any atom is -0.388 e. The molecule has 0 amide bonds. The normalized spacial score (nSPS) is 12.2. The summed E-state index contributed by atoms with van der Waals surface area (Å²) in [6.07, 6.45) is 0.472. The zero-order valence-electron chi connectivity index (χ0n) is 11.6. The van der Waals surface area contributed by atoms with Crippen LogP contribution in [0.15, 0.2) is 6.20 Å². The number of imidazole rings is 1. The summed E-state index contributed by atoms with van der Waals surface area (Å²) in [6, 6.07) is 0. The quantitative estimate of drug-likeness (QED) is 0.482. The third-order valence-electron chi connectivity index (χ3n) is 2.80. The molecule has 0 bridgehead atoms. The van der Waals surface area contributed by atoms with Crippen LogP contribution >= 0.6 is 24.0 Å². The zero-order chi connectivity index (χ0) is 15.3. The molecule has 0 fully saturated rings. The van der Waals surface area contributed by atoms with E-state index >= 15 is 0 Å². The number of aryl methyl sites for hydroxylation is 1. The van der Waals surface area contributed by atoms with E-state index in [1.165, 1.54) is 22.5 Å². The van der Waals surface area contributed by atoms with Crippen LogP contribution in [0, 0.1) is 17.0 Å². The Balaban J connectivity index is 2.59. The summed E-state index contributed by atoms with van der Waals surface area (Å²) in [5.74, 6) is 0.784. The van der Waals surface area contributed by atoms with Crippen molar-refractivity contribution in [1.82, 2.24) is 14.5 Å². The van der Waals surface area contributed by atoms with Crippen LogP contribution in [-0.4, -0.2) is 54.3 Å². The van der Waals surface area contributed by atoms with Gasteiger partial charge < -0.3 is 20.1 Å². The summed E-state index contributed by atoms with van der Waals surface area (Å²) in [4.78, 5) is 16.1. The standard InChI is InChI=1S/C11H18N4O3S2/c1-4-13(3)11(19)20-7-9(16)6-14-8(2)12-5-10(14)15(17)18/h5,9,16H,4,6-7H2,1-3H3. The van der Waals surface area contributed by atoms with Crippen LogP contribution < -0.4 is 0 Å². The Hall–Kier alpha value is -1.19. The molecule has 1 aromatic rings. The predicted molar refractivity (Wildman–Crippen MR) is 83.0 cm³/mol. The highest BCUT2D eigenvalue weighted by molar-refractivity contribution is 8.22. The topological polar surface area (TPSA) is 84.4 Å². The Morgan fingerprint density at radius 3 is 2.95 bits per heavy atom. The molecule has 0 aliphatic carbocycles. The van der Waals surface area contributed by atoms with Crippen LogP contribution in [0.25, 0.3) is 0 Å². The molecule has 20 heavy (non-hydrogen) atoms. The van der Waals surface area contributed by atoms with Crippen LogP contribution in [0.4, 0.5) is 5.82 Å². The monoisotopic (exact) mass is 318 g/mol. The summed E-state index contributed by atoms with van der Waals surface area (Å²) < 4.78 is 2.10. The molecule has 0 radical (unpaired) electrons. The molecule has 0 spiro atoms. The number of aliphatic hydroxyl groups excluding tert-OH is 1. The largest absolute Gasteiger partial charge is 0.388 e. The second kappa shape index (κ2) is 7.55. The molecule has 0 saturated heterocycles. The van der Waals surface area contributed by atoms with Crippen molar-refractivity contribution in [3.05, 3.63) is 22.1 Å². The third kappa shape index (κ3) is 4.43. The van der Waals surface area contributed by atoms with Gasteiger partial charge in [-0.2, -0.15) is 0 Å². The van der Waals surface area contributed by atoms with E-state index in [0.29, 0.717) is 15.9 Å². The molecule has 0 aliphatic heterocycles. The maximum Gasteiger partial charge on any atom is 0.342 e. The van der Waals surface area contributed by atoms with Crippen molar-refractivity contribution in [2.24, 2.45) is 0 Å². The predicted octanol–water partition coefficient (Wildman–Crippen LogP) is 1.43. The van der Waals surface area contributed by atoms with Crippen molar-refractivity contribution < 1.29 is 10.0 Å². The Morgan fingerprint density at radius 2 is 2.40 bits per heavy atom. The van der Waals surface area contributed by atoms with E-state index in [0.717, 1.165) is 6.54 Å². The fraction of sp³-hybridized carbons (Fsp3) is 0.636. The molecule has 1 unspecified atom stereocenters. The van der Waals surface area contributed by atoms with E-state index in [1.54, 1.807) is 6.92 Å². The Kier molecular flexibility index (Phi) is 6.37. The molecule has 0 saturated carbocycles. The maximum absolute atomic E-state index is 10.8. The molecule has 1 rings (SSSR count). The van der Waals surface area contributed by atoms with Crippen molar-refractivity contribution in [2.45, 2.75) is 26.5 Å². The second-order valence-corrected chi connectivity index (χ2v) is 5.93. The number of hydrogen-bond acceptors (Lipinski definition) is 6. The molecule has 9 heteroatoms. The molecule has 0 aliphatic rings. The van der Waals surface area contributed by atoms with Gasteiger partial charge in [-0.1, -0.05) is 24.0 Å². The van der Waals surface area contributed by atoms with Gasteiger partial charge in [0.1, 0.15) is 23.2 Å². The van der Waals surface area contributed by atoms with Crippen LogP contribution in [0.1, 0.15) is 12.7 Å². The molecule has 7 nitrogen and oxygen atoms in total. The van der Waals surface area contributed by atoms with E-state index in [9.17, 15) is 15.2 Å². The first-order valence-electron chi connectivity index (χ1n) is 6.09. The van der Waals surface area contributed by atoms with Gasteiger partial charge in [0, 0.05) is 26.3 Å². The lowest BCUT2D eigenvalue weighted by Crippen LogP contribution is -2.25. The van der Waals surface area contributed by atoms with Crippen molar-refractivity contribution >= 4 is 34.1 Å². The Morgan fingerprint density at radius 1 is 1.75 bits per heavy atom. The van der Waals surface area contributed by atoms with E-state index in [1.807, 2.05) is 18.9 Å². The van der Waals surface area contributed by atoms with Crippen LogP contribution in [0.2, 0.25) is 0 Å². The molecular weight excluding hydrogens is 300 g/mol. The molecule has 1 N–H and O–H groups in total.